The van der Waals surface area contributed by atoms with E-state index in [2.05, 4.69) is 37.3 Å². The number of carbonyl (C=O) groups is 4. The van der Waals surface area contributed by atoms with Crippen LogP contribution in [0, 0.1) is 0 Å². The molecule has 1 aliphatic rings. The molecule has 1 rings (SSSR count). The van der Waals surface area contributed by atoms with Gasteiger partial charge in [-0.05, 0) is 104 Å². The van der Waals surface area contributed by atoms with Gasteiger partial charge in [0.1, 0.15) is 18.3 Å². The molecule has 0 bridgehead atoms. The molecule has 0 aromatic heterocycles. The monoisotopic (exact) mass is 937 g/mol. The fraction of sp³-hybridized carbons (Fsp3) is 0.929. The summed E-state index contributed by atoms with van der Waals surface area (Å²) in [5.74, 6) is -0.108. The number of carbonyl (C=O) groups excluding carboxylic acids is 4. The van der Waals surface area contributed by atoms with Crippen molar-refractivity contribution in [3.63, 3.8) is 0 Å². The molecule has 1 fully saturated rings. The topological polar surface area (TPSA) is 112 Å². The summed E-state index contributed by atoms with van der Waals surface area (Å²) in [4.78, 5) is 51.2. The Hall–Kier alpha value is -2.20. The summed E-state index contributed by atoms with van der Waals surface area (Å²) in [5.41, 5.74) is 0. The maximum absolute atomic E-state index is 12.5. The van der Waals surface area contributed by atoms with Crippen molar-refractivity contribution in [3.05, 3.63) is 0 Å². The zero-order chi connectivity index (χ0) is 48.6. The Morgan fingerprint density at radius 2 is 0.909 bits per heavy atom. The minimum absolute atomic E-state index is 0.00709. The molecular weight excluding hydrogens is 829 g/mol. The van der Waals surface area contributed by atoms with Crippen molar-refractivity contribution in [1.82, 2.24) is 9.80 Å². The number of ether oxygens (including phenoxy) is 4. The number of hydrogen-bond acceptors (Lipinski definition) is 10. The second-order valence-corrected chi connectivity index (χ2v) is 19.8. The molecule has 66 heavy (non-hydrogen) atoms. The molecule has 0 aliphatic carbocycles. The lowest BCUT2D eigenvalue weighted by Crippen LogP contribution is -2.27. The van der Waals surface area contributed by atoms with Crippen LogP contribution >= 0.6 is 0 Å². The van der Waals surface area contributed by atoms with E-state index in [9.17, 15) is 19.2 Å². The number of hydrogen-bond donors (Lipinski definition) is 0. The van der Waals surface area contributed by atoms with Crippen LogP contribution in [0.1, 0.15) is 272 Å². The van der Waals surface area contributed by atoms with E-state index < -0.39 is 0 Å². The first-order valence-electron chi connectivity index (χ1n) is 28.2. The molecule has 1 aliphatic heterocycles. The lowest BCUT2D eigenvalue weighted by molar-refractivity contribution is -0.151. The van der Waals surface area contributed by atoms with Gasteiger partial charge in [0, 0.05) is 32.5 Å². The molecule has 0 N–H and O–H groups in total. The zero-order valence-electron chi connectivity index (χ0n) is 44.4. The molecule has 10 nitrogen and oxygen atoms in total. The Kier molecular flexibility index (Phi) is 47.6. The van der Waals surface area contributed by atoms with Crippen LogP contribution in [-0.2, 0) is 38.1 Å². The fourth-order valence-corrected chi connectivity index (χ4v) is 8.74. The first kappa shape index (κ1) is 63.8. The third-order valence-corrected chi connectivity index (χ3v) is 13.0. The van der Waals surface area contributed by atoms with Crippen LogP contribution in [-0.4, -0.2) is 99.4 Å². The average Bonchev–Trinajstić information content (AvgIpc) is 3.75. The van der Waals surface area contributed by atoms with Crippen molar-refractivity contribution < 1.29 is 38.1 Å². The molecule has 0 spiro atoms. The summed E-state index contributed by atoms with van der Waals surface area (Å²) in [6, 6.07) is 0. The number of esters is 3. The van der Waals surface area contributed by atoms with Crippen LogP contribution < -0.4 is 0 Å². The van der Waals surface area contributed by atoms with Crippen LogP contribution in [0.3, 0.4) is 0 Å². The summed E-state index contributed by atoms with van der Waals surface area (Å²) in [6.45, 7) is 13.6. The van der Waals surface area contributed by atoms with E-state index in [0.717, 1.165) is 110 Å². The minimum Gasteiger partial charge on any atom is -0.468 e. The smallest absolute Gasteiger partial charge is 0.307 e. The van der Waals surface area contributed by atoms with Crippen LogP contribution in [0.25, 0.3) is 0 Å². The molecule has 0 saturated carbocycles. The summed E-state index contributed by atoms with van der Waals surface area (Å²) < 4.78 is 22.1. The molecule has 2 unspecified atom stereocenters. The van der Waals surface area contributed by atoms with Gasteiger partial charge in [-0.1, -0.05) is 169 Å². The van der Waals surface area contributed by atoms with Gasteiger partial charge in [0.25, 0.3) is 6.47 Å². The second kappa shape index (κ2) is 49.2. The number of likely N-dealkylation sites (tertiary alicyclic amines) is 1. The van der Waals surface area contributed by atoms with Crippen molar-refractivity contribution in [2.75, 3.05) is 46.9 Å². The lowest BCUT2D eigenvalue weighted by Gasteiger charge is -2.18. The predicted molar refractivity (Wildman–Crippen MR) is 275 cm³/mol. The van der Waals surface area contributed by atoms with Crippen LogP contribution in [0.15, 0.2) is 0 Å². The SMILES string of the molecule is CCCCCCCCC(CCCCCC)OC(=O)CCCCCN1CCC(OC(=O)CCN(C)C)C1.CCCCCCCCC(CCCCCCCC)OC(=O)CCCCCCCOC=O. The highest BCUT2D eigenvalue weighted by molar-refractivity contribution is 5.70. The van der Waals surface area contributed by atoms with Crippen molar-refractivity contribution in [3.8, 4) is 0 Å². The molecule has 390 valence electrons. The Morgan fingerprint density at radius 3 is 1.35 bits per heavy atom. The van der Waals surface area contributed by atoms with E-state index >= 15 is 0 Å². The molecule has 0 aromatic rings. The van der Waals surface area contributed by atoms with Gasteiger partial charge in [-0.15, -0.1) is 0 Å². The third kappa shape index (κ3) is 44.3. The maximum Gasteiger partial charge on any atom is 0.307 e. The van der Waals surface area contributed by atoms with E-state index in [1.807, 2.05) is 19.0 Å². The van der Waals surface area contributed by atoms with Gasteiger partial charge in [-0.25, -0.2) is 0 Å². The van der Waals surface area contributed by atoms with E-state index in [-0.39, 0.29) is 36.2 Å². The summed E-state index contributed by atoms with van der Waals surface area (Å²) in [6.07, 6.45) is 42.8. The Bertz CT molecular complexity index is 1070. The summed E-state index contributed by atoms with van der Waals surface area (Å²) >= 11 is 0. The molecule has 10 heteroatoms. The van der Waals surface area contributed by atoms with Gasteiger partial charge in [-0.2, -0.15) is 0 Å². The van der Waals surface area contributed by atoms with Crippen LogP contribution in [0.4, 0.5) is 0 Å². The maximum atomic E-state index is 12.5. The quantitative estimate of drug-likeness (QED) is 0.0253. The summed E-state index contributed by atoms with van der Waals surface area (Å²) in [5, 5.41) is 0. The predicted octanol–water partition coefficient (Wildman–Crippen LogP) is 14.7. The van der Waals surface area contributed by atoms with Gasteiger partial charge in [0.15, 0.2) is 0 Å². The van der Waals surface area contributed by atoms with Gasteiger partial charge >= 0.3 is 17.9 Å². The molecule has 1 heterocycles. The van der Waals surface area contributed by atoms with Crippen molar-refractivity contribution in [2.24, 2.45) is 0 Å². The van der Waals surface area contributed by atoms with Crippen molar-refractivity contribution in [1.29, 1.82) is 0 Å². The van der Waals surface area contributed by atoms with Crippen LogP contribution in [0.5, 0.6) is 0 Å². The summed E-state index contributed by atoms with van der Waals surface area (Å²) in [7, 11) is 3.93. The molecule has 0 amide bonds. The molecule has 1 saturated heterocycles. The molecule has 0 radical (unpaired) electrons. The van der Waals surface area contributed by atoms with E-state index in [1.165, 1.54) is 141 Å². The Balaban J connectivity index is 0.00000130. The third-order valence-electron chi connectivity index (χ3n) is 13.0. The Morgan fingerprint density at radius 1 is 0.515 bits per heavy atom. The zero-order valence-corrected chi connectivity index (χ0v) is 44.4. The largest absolute Gasteiger partial charge is 0.468 e. The van der Waals surface area contributed by atoms with Gasteiger partial charge in [0.05, 0.1) is 13.0 Å². The molecular formula is C56H108N2O8. The second-order valence-electron chi connectivity index (χ2n) is 19.8. The first-order valence-corrected chi connectivity index (χ1v) is 28.2. The fourth-order valence-electron chi connectivity index (χ4n) is 8.74. The minimum atomic E-state index is -0.0887. The van der Waals surface area contributed by atoms with Gasteiger partial charge in [0.2, 0.25) is 0 Å². The number of unbranched alkanes of at least 4 members (excludes halogenated alkanes) is 24. The van der Waals surface area contributed by atoms with Gasteiger partial charge in [-0.3, -0.25) is 24.1 Å². The van der Waals surface area contributed by atoms with Crippen molar-refractivity contribution >= 4 is 24.4 Å². The van der Waals surface area contributed by atoms with E-state index in [0.29, 0.717) is 32.3 Å². The lowest BCUT2D eigenvalue weighted by atomic mass is 10.0. The van der Waals surface area contributed by atoms with E-state index in [1.54, 1.807) is 0 Å². The highest BCUT2D eigenvalue weighted by atomic mass is 16.6. The molecule has 0 aromatic carbocycles. The number of rotatable bonds is 47. The normalized spacial score (nSPS) is 14.3. The standard InChI is InChI=1S/C30H58N2O4.C26H50O4/c1-5-7-9-11-12-15-19-27(18-14-10-8-6-2)35-29(33)20-16-13-17-23-32-25-21-28(26-32)36-30(34)22-24-31(3)4;1-3-5-7-9-12-16-20-25(21-17-13-10-8-6-4-2)30-26(28)22-18-14-11-15-19-23-29-24-27/h27-28H,5-26H2,1-4H3;24-25H,3-23H2,1-2H3. The average molecular weight is 937 g/mol. The van der Waals surface area contributed by atoms with Gasteiger partial charge < -0.3 is 23.8 Å². The van der Waals surface area contributed by atoms with E-state index in [4.69, 9.17) is 14.2 Å². The van der Waals surface area contributed by atoms with Crippen LogP contribution in [0.2, 0.25) is 0 Å². The number of nitrogens with zero attached hydrogens (tertiary/aromatic N) is 2. The highest BCUT2D eigenvalue weighted by Crippen LogP contribution is 2.20. The Labute approximate surface area is 407 Å². The molecule has 2 atom stereocenters. The first-order chi connectivity index (χ1) is 32.2. The van der Waals surface area contributed by atoms with Crippen molar-refractivity contribution in [2.45, 2.75) is 290 Å². The highest BCUT2D eigenvalue weighted by Gasteiger charge is 2.25.